The lowest BCUT2D eigenvalue weighted by Crippen LogP contribution is -1.82. The van der Waals surface area contributed by atoms with Crippen LogP contribution in [0.4, 0.5) is 0 Å². The minimum Gasteiger partial charge on any atom is -0.327 e. The molecule has 1 atom stereocenters. The second-order valence-electron chi connectivity index (χ2n) is 3.41. The highest BCUT2D eigenvalue weighted by Crippen LogP contribution is 2.21. The molecule has 0 rings (SSSR count). The van der Waals surface area contributed by atoms with Gasteiger partial charge in [0.05, 0.1) is 7.80 Å². The van der Waals surface area contributed by atoms with Gasteiger partial charge in [-0.05, 0) is 18.7 Å². The maximum Gasteiger partial charge on any atom is 0.0759 e. The Bertz CT molecular complexity index is 112. The summed E-state index contributed by atoms with van der Waals surface area (Å²) in [7, 11) is -1.17. The van der Waals surface area contributed by atoms with E-state index in [4.69, 9.17) is 0 Å². The van der Waals surface area contributed by atoms with Gasteiger partial charge in [-0.1, -0.05) is 46.0 Å². The maximum atomic E-state index is 11.1. The van der Waals surface area contributed by atoms with E-state index in [1.165, 1.54) is 38.5 Å². The van der Waals surface area contributed by atoms with E-state index < -0.39 is 7.80 Å². The third kappa shape index (κ3) is 8.33. The largest absolute Gasteiger partial charge is 0.327 e. The second-order valence-corrected chi connectivity index (χ2v) is 5.69. The summed E-state index contributed by atoms with van der Waals surface area (Å²) in [4.78, 5) is 0. The van der Waals surface area contributed by atoms with Crippen molar-refractivity contribution in [2.45, 2.75) is 52.4 Å². The van der Waals surface area contributed by atoms with Gasteiger partial charge in [0, 0.05) is 0 Å². The van der Waals surface area contributed by atoms with Gasteiger partial charge in [-0.25, -0.2) is 0 Å². The topological polar surface area (TPSA) is 17.1 Å². The van der Waals surface area contributed by atoms with Crippen molar-refractivity contribution in [3.05, 3.63) is 0 Å². The minimum absolute atomic E-state index is 0.902. The predicted molar refractivity (Wildman–Crippen MR) is 57.8 cm³/mol. The lowest BCUT2D eigenvalue weighted by atomic mass is 10.1. The zero-order chi connectivity index (χ0) is 9.23. The molecule has 0 aromatic carbocycles. The molecule has 0 aliphatic rings. The van der Waals surface area contributed by atoms with Crippen molar-refractivity contribution < 1.29 is 4.57 Å². The summed E-state index contributed by atoms with van der Waals surface area (Å²) in [5.74, 6) is 0. The van der Waals surface area contributed by atoms with Crippen LogP contribution in [0.5, 0.6) is 0 Å². The van der Waals surface area contributed by atoms with Crippen LogP contribution in [0, 0.1) is 0 Å². The minimum atomic E-state index is -1.17. The Kier molecular flexibility index (Phi) is 9.50. The molecule has 1 unspecified atom stereocenters. The molecule has 0 aliphatic carbocycles. The molecule has 74 valence electrons. The first-order valence-corrected chi connectivity index (χ1v) is 7.15. The monoisotopic (exact) mass is 190 g/mol. The molecule has 0 aliphatic heterocycles. The van der Waals surface area contributed by atoms with Gasteiger partial charge in [-0.2, -0.15) is 0 Å². The van der Waals surface area contributed by atoms with E-state index in [9.17, 15) is 4.57 Å². The summed E-state index contributed by atoms with van der Waals surface area (Å²) in [6.45, 7) is 4.26. The Labute approximate surface area is 77.7 Å². The molecule has 0 N–H and O–H groups in total. The lowest BCUT2D eigenvalue weighted by Gasteiger charge is -1.99. The number of hydrogen-bond donors (Lipinski definition) is 0. The molecule has 0 aromatic heterocycles. The van der Waals surface area contributed by atoms with Crippen molar-refractivity contribution in [3.63, 3.8) is 0 Å². The molecular formula is C10H23OP. The van der Waals surface area contributed by atoms with Crippen LogP contribution in [0.3, 0.4) is 0 Å². The number of unbranched alkanes of at least 4 members (excludes halogenated alkanes) is 5. The Balaban J connectivity index is 2.95. The summed E-state index contributed by atoms with van der Waals surface area (Å²) < 4.78 is 11.1. The van der Waals surface area contributed by atoms with Crippen molar-refractivity contribution in [3.8, 4) is 0 Å². The summed E-state index contributed by atoms with van der Waals surface area (Å²) in [5, 5.41) is 0. The van der Waals surface area contributed by atoms with Crippen molar-refractivity contribution >= 4 is 7.80 Å². The van der Waals surface area contributed by atoms with E-state index in [0.29, 0.717) is 0 Å². The molecule has 0 heterocycles. The Morgan fingerprint density at radius 2 is 1.50 bits per heavy atom. The van der Waals surface area contributed by atoms with Crippen LogP contribution in [0.2, 0.25) is 0 Å². The fourth-order valence-corrected chi connectivity index (χ4v) is 2.28. The zero-order valence-electron chi connectivity index (χ0n) is 8.57. The normalized spacial score (nSPS) is 13.2. The van der Waals surface area contributed by atoms with Crippen molar-refractivity contribution in [2.75, 3.05) is 12.3 Å². The molecule has 0 bridgehead atoms. The van der Waals surface area contributed by atoms with Gasteiger partial charge < -0.3 is 4.57 Å². The second kappa shape index (κ2) is 9.32. The predicted octanol–water partition coefficient (Wildman–Crippen LogP) is 3.93. The van der Waals surface area contributed by atoms with Gasteiger partial charge in [0.1, 0.15) is 0 Å². The maximum absolute atomic E-state index is 11.1. The Hall–Kier alpha value is 0.230. The van der Waals surface area contributed by atoms with Crippen LogP contribution < -0.4 is 0 Å². The average molecular weight is 190 g/mol. The first kappa shape index (κ1) is 12.2. The quantitative estimate of drug-likeness (QED) is 0.418. The van der Waals surface area contributed by atoms with Crippen LogP contribution in [0.1, 0.15) is 52.4 Å². The zero-order valence-corrected chi connectivity index (χ0v) is 9.57. The van der Waals surface area contributed by atoms with Gasteiger partial charge in [-0.15, -0.1) is 0 Å². The molecule has 0 saturated heterocycles. The highest BCUT2D eigenvalue weighted by molar-refractivity contribution is 7.44. The van der Waals surface area contributed by atoms with Gasteiger partial charge in [0.25, 0.3) is 0 Å². The molecule has 0 fully saturated rings. The van der Waals surface area contributed by atoms with Crippen LogP contribution in [0.25, 0.3) is 0 Å². The molecule has 0 amide bonds. The fourth-order valence-electron chi connectivity index (χ4n) is 1.28. The summed E-state index contributed by atoms with van der Waals surface area (Å²) >= 11 is 0. The van der Waals surface area contributed by atoms with Gasteiger partial charge >= 0.3 is 0 Å². The smallest absolute Gasteiger partial charge is 0.0759 e. The fraction of sp³-hybridized carbons (Fsp3) is 1.00. The van der Waals surface area contributed by atoms with Gasteiger partial charge in [0.2, 0.25) is 0 Å². The van der Waals surface area contributed by atoms with Crippen molar-refractivity contribution in [1.82, 2.24) is 0 Å². The molecule has 0 radical (unpaired) electrons. The van der Waals surface area contributed by atoms with E-state index in [1.54, 1.807) is 0 Å². The van der Waals surface area contributed by atoms with E-state index in [2.05, 4.69) is 6.92 Å². The lowest BCUT2D eigenvalue weighted by molar-refractivity contribution is 0.581. The molecule has 0 spiro atoms. The van der Waals surface area contributed by atoms with Crippen LogP contribution in [-0.2, 0) is 4.57 Å². The number of hydrogen-bond acceptors (Lipinski definition) is 1. The van der Waals surface area contributed by atoms with E-state index in [1.807, 2.05) is 6.92 Å². The third-order valence-corrected chi connectivity index (χ3v) is 3.90. The van der Waals surface area contributed by atoms with E-state index >= 15 is 0 Å². The first-order chi connectivity index (χ1) is 5.81. The van der Waals surface area contributed by atoms with Crippen LogP contribution in [-0.4, -0.2) is 12.3 Å². The highest BCUT2D eigenvalue weighted by Gasteiger charge is 1.95. The van der Waals surface area contributed by atoms with Crippen LogP contribution in [0.15, 0.2) is 0 Å². The average Bonchev–Trinajstić information content (AvgIpc) is 2.10. The van der Waals surface area contributed by atoms with Gasteiger partial charge in [-0.3, -0.25) is 0 Å². The van der Waals surface area contributed by atoms with Crippen molar-refractivity contribution in [1.29, 1.82) is 0 Å². The summed E-state index contributed by atoms with van der Waals surface area (Å²) in [6.07, 6.45) is 9.75. The standard InChI is InChI=1S/C10H23OP/c1-3-5-6-7-8-9-10-12(11)4-2/h12H,3-10H2,1-2H3. The molecular weight excluding hydrogens is 167 g/mol. The molecule has 12 heavy (non-hydrogen) atoms. The molecule has 1 nitrogen and oxygen atoms in total. The summed E-state index contributed by atoms with van der Waals surface area (Å²) in [5.41, 5.74) is 0. The van der Waals surface area contributed by atoms with Crippen LogP contribution >= 0.6 is 7.80 Å². The summed E-state index contributed by atoms with van der Waals surface area (Å²) in [6, 6.07) is 0. The Morgan fingerprint density at radius 3 is 2.08 bits per heavy atom. The first-order valence-electron chi connectivity index (χ1n) is 5.33. The molecule has 0 aromatic rings. The Morgan fingerprint density at radius 1 is 0.917 bits per heavy atom. The van der Waals surface area contributed by atoms with Crippen molar-refractivity contribution in [2.24, 2.45) is 0 Å². The van der Waals surface area contributed by atoms with Gasteiger partial charge in [0.15, 0.2) is 0 Å². The third-order valence-electron chi connectivity index (χ3n) is 2.20. The van der Waals surface area contributed by atoms with E-state index in [0.717, 1.165) is 12.3 Å². The highest BCUT2D eigenvalue weighted by atomic mass is 31.1. The molecule has 2 heteroatoms. The molecule has 0 saturated carbocycles. The number of rotatable bonds is 8. The SMILES string of the molecule is CCCCCCCC[PH](=O)CC. The van der Waals surface area contributed by atoms with E-state index in [-0.39, 0.29) is 0 Å².